The molecule has 0 bridgehead atoms. The van der Waals surface area contributed by atoms with Gasteiger partial charge in [-0.3, -0.25) is 0 Å². The van der Waals surface area contributed by atoms with Gasteiger partial charge in [0.1, 0.15) is 45.4 Å². The van der Waals surface area contributed by atoms with Crippen LogP contribution < -0.4 is 10.1 Å². The van der Waals surface area contributed by atoms with Crippen LogP contribution in [0.2, 0.25) is 5.15 Å². The van der Waals surface area contributed by atoms with Crippen molar-refractivity contribution < 1.29 is 4.74 Å². The first-order valence-corrected chi connectivity index (χ1v) is 10.9. The minimum Gasteiger partial charge on any atom is -0.474 e. The number of anilines is 1. The number of aromatic nitrogens is 2. The molecule has 2 aromatic heterocycles. The molecule has 4 rings (SSSR count). The predicted octanol–water partition coefficient (Wildman–Crippen LogP) is 1.30. The van der Waals surface area contributed by atoms with Gasteiger partial charge in [0.2, 0.25) is 5.88 Å². The summed E-state index contributed by atoms with van der Waals surface area (Å²) in [5, 5.41) is 21.5. The van der Waals surface area contributed by atoms with E-state index in [0.717, 1.165) is 36.1 Å². The maximum atomic E-state index is 9.57. The van der Waals surface area contributed by atoms with Crippen LogP contribution in [0.5, 0.6) is 5.88 Å². The topological polar surface area (TPSA) is 97.9 Å². The number of pyridine rings is 2. The van der Waals surface area contributed by atoms with Crippen LogP contribution in [0, 0.1) is 22.7 Å². The summed E-state index contributed by atoms with van der Waals surface area (Å²) in [5.74, 6) is 1.25. The van der Waals surface area contributed by atoms with Crippen LogP contribution >= 0.6 is 11.6 Å². The molecule has 1 N–H and O–H groups in total. The minimum atomic E-state index is -0.293. The first-order chi connectivity index (χ1) is 14.9. The molecule has 7 nitrogen and oxygen atoms in total. The summed E-state index contributed by atoms with van der Waals surface area (Å²) in [4.78, 5) is 11.2. The van der Waals surface area contributed by atoms with Crippen LogP contribution in [-0.4, -0.2) is 49.8 Å². The van der Waals surface area contributed by atoms with Crippen molar-refractivity contribution in [2.24, 2.45) is 0 Å². The standard InChI is InChI=1S/C21H23B2ClN6O/c22-21(23,13-4-5-18(28-11-13)31-14-2-1-3-14)30-9-6-15-16(10-26)19(24)29-20(17(15)12-30)27-8-7-25/h4-5,11,14H,1-3,6,8-9,12,22-23H2,(H,27,29). The van der Waals surface area contributed by atoms with Gasteiger partial charge in [0.05, 0.1) is 11.6 Å². The van der Waals surface area contributed by atoms with Gasteiger partial charge in [0.15, 0.2) is 0 Å². The van der Waals surface area contributed by atoms with E-state index >= 15 is 0 Å². The third kappa shape index (κ3) is 4.21. The Labute approximate surface area is 189 Å². The Hall–Kier alpha value is -2.74. The Morgan fingerprint density at radius 2 is 2.10 bits per heavy atom. The maximum Gasteiger partial charge on any atom is 0.213 e. The van der Waals surface area contributed by atoms with Gasteiger partial charge >= 0.3 is 0 Å². The molecule has 1 saturated carbocycles. The van der Waals surface area contributed by atoms with Crippen LogP contribution in [0.1, 0.15) is 41.5 Å². The smallest absolute Gasteiger partial charge is 0.213 e. The summed E-state index contributed by atoms with van der Waals surface area (Å²) in [5.41, 5.74) is 3.35. The Balaban J connectivity index is 1.59. The van der Waals surface area contributed by atoms with E-state index < -0.39 is 0 Å². The van der Waals surface area contributed by atoms with E-state index in [9.17, 15) is 5.26 Å². The highest BCUT2D eigenvalue weighted by Crippen LogP contribution is 2.35. The second-order valence-electron chi connectivity index (χ2n) is 8.49. The SMILES string of the molecule is BC(B)(c1ccc(OC2CCC2)nc1)N1CCc2c(C#N)c(Cl)nc(NCC#N)c2C1. The molecule has 0 radical (unpaired) electrons. The molecule has 3 heterocycles. The van der Waals surface area contributed by atoms with Crippen molar-refractivity contribution in [3.05, 3.63) is 45.7 Å². The van der Waals surface area contributed by atoms with E-state index in [-0.39, 0.29) is 17.0 Å². The van der Waals surface area contributed by atoms with Gasteiger partial charge in [-0.25, -0.2) is 9.97 Å². The van der Waals surface area contributed by atoms with Crippen molar-refractivity contribution in [3.8, 4) is 18.0 Å². The number of rotatable bonds is 6. The van der Waals surface area contributed by atoms with Gasteiger partial charge in [-0.05, 0) is 42.1 Å². The minimum absolute atomic E-state index is 0.122. The Kier molecular flexibility index (Phi) is 6.09. The number of ether oxygens (including phenoxy) is 1. The average molecular weight is 433 g/mol. The Morgan fingerprint density at radius 3 is 2.71 bits per heavy atom. The molecule has 1 fully saturated rings. The van der Waals surface area contributed by atoms with E-state index in [2.05, 4.69) is 54.1 Å². The van der Waals surface area contributed by atoms with E-state index in [1.54, 1.807) is 0 Å². The first-order valence-electron chi connectivity index (χ1n) is 10.5. The lowest BCUT2D eigenvalue weighted by atomic mass is 9.56. The summed E-state index contributed by atoms with van der Waals surface area (Å²) in [6.45, 7) is 1.49. The summed E-state index contributed by atoms with van der Waals surface area (Å²) in [6.07, 6.45) is 6.31. The number of hydrogen-bond donors (Lipinski definition) is 1. The van der Waals surface area contributed by atoms with Gasteiger partial charge in [0.25, 0.3) is 0 Å². The van der Waals surface area contributed by atoms with Gasteiger partial charge in [0, 0.05) is 30.9 Å². The second-order valence-corrected chi connectivity index (χ2v) is 8.85. The Morgan fingerprint density at radius 1 is 1.29 bits per heavy atom. The van der Waals surface area contributed by atoms with Crippen molar-refractivity contribution in [1.29, 1.82) is 10.5 Å². The molecule has 10 heteroatoms. The van der Waals surface area contributed by atoms with E-state index in [4.69, 9.17) is 21.6 Å². The molecule has 0 saturated heterocycles. The first kappa shape index (κ1) is 21.5. The molecular weight excluding hydrogens is 409 g/mol. The fourth-order valence-corrected chi connectivity index (χ4v) is 4.36. The lowest BCUT2D eigenvalue weighted by molar-refractivity contribution is 0.114. The largest absolute Gasteiger partial charge is 0.474 e. The van der Waals surface area contributed by atoms with Crippen LogP contribution in [0.15, 0.2) is 18.3 Å². The lowest BCUT2D eigenvalue weighted by Crippen LogP contribution is -2.50. The number of nitriles is 2. The fourth-order valence-electron chi connectivity index (χ4n) is 4.12. The molecule has 156 valence electrons. The normalized spacial score (nSPS) is 16.5. The molecule has 2 aromatic rings. The van der Waals surface area contributed by atoms with Crippen molar-refractivity contribution >= 4 is 33.1 Å². The van der Waals surface area contributed by atoms with Crippen molar-refractivity contribution in [3.63, 3.8) is 0 Å². The van der Waals surface area contributed by atoms with Crippen LogP contribution in [0.4, 0.5) is 5.82 Å². The highest BCUT2D eigenvalue weighted by Gasteiger charge is 2.34. The number of fused-ring (bicyclic) bond motifs is 1. The van der Waals surface area contributed by atoms with E-state index in [1.807, 2.05) is 12.3 Å². The zero-order chi connectivity index (χ0) is 22.0. The van der Waals surface area contributed by atoms with E-state index in [1.165, 1.54) is 6.42 Å². The summed E-state index contributed by atoms with van der Waals surface area (Å²) < 4.78 is 5.89. The second kappa shape index (κ2) is 8.78. The molecule has 0 atom stereocenters. The van der Waals surface area contributed by atoms with Crippen LogP contribution in [-0.2, 0) is 18.3 Å². The quantitative estimate of drug-likeness (QED) is 0.417. The predicted molar refractivity (Wildman–Crippen MR) is 123 cm³/mol. The van der Waals surface area contributed by atoms with E-state index in [0.29, 0.717) is 36.3 Å². The summed E-state index contributed by atoms with van der Waals surface area (Å²) in [6, 6.07) is 8.29. The molecule has 0 aromatic carbocycles. The molecule has 2 aliphatic rings. The van der Waals surface area contributed by atoms with Crippen molar-refractivity contribution in [2.45, 2.75) is 43.7 Å². The summed E-state index contributed by atoms with van der Waals surface area (Å²) in [7, 11) is 4.33. The fraction of sp³-hybridized carbons (Fsp3) is 0.429. The monoisotopic (exact) mass is 432 g/mol. The molecule has 31 heavy (non-hydrogen) atoms. The van der Waals surface area contributed by atoms with Gasteiger partial charge in [-0.1, -0.05) is 17.7 Å². The summed E-state index contributed by atoms with van der Waals surface area (Å²) >= 11 is 6.24. The highest BCUT2D eigenvalue weighted by atomic mass is 35.5. The lowest BCUT2D eigenvalue weighted by Gasteiger charge is -2.43. The van der Waals surface area contributed by atoms with Gasteiger partial charge < -0.3 is 15.0 Å². The Bertz CT molecular complexity index is 1060. The van der Waals surface area contributed by atoms with Crippen LogP contribution in [0.25, 0.3) is 0 Å². The number of halogens is 1. The van der Waals surface area contributed by atoms with Crippen LogP contribution in [0.3, 0.4) is 0 Å². The molecule has 1 aliphatic carbocycles. The average Bonchev–Trinajstić information content (AvgIpc) is 2.74. The molecule has 1 aliphatic heterocycles. The van der Waals surface area contributed by atoms with Crippen molar-refractivity contribution in [2.75, 3.05) is 18.4 Å². The third-order valence-corrected chi connectivity index (χ3v) is 6.64. The zero-order valence-corrected chi connectivity index (χ0v) is 18.5. The molecular formula is C21H23B2ClN6O. The maximum absolute atomic E-state index is 9.57. The number of nitrogens with one attached hydrogen (secondary N) is 1. The highest BCUT2D eigenvalue weighted by molar-refractivity contribution is 6.39. The number of hydrogen-bond acceptors (Lipinski definition) is 7. The molecule has 0 spiro atoms. The van der Waals surface area contributed by atoms with Gasteiger partial charge in [-0.15, -0.1) is 0 Å². The molecule has 0 unspecified atom stereocenters. The zero-order valence-electron chi connectivity index (χ0n) is 17.8. The molecule has 0 amide bonds. The third-order valence-electron chi connectivity index (χ3n) is 6.37. The van der Waals surface area contributed by atoms with Crippen molar-refractivity contribution in [1.82, 2.24) is 14.9 Å². The van der Waals surface area contributed by atoms with Gasteiger partial charge in [-0.2, -0.15) is 10.5 Å². The number of nitrogens with zero attached hydrogens (tertiary/aromatic N) is 5.